The number of ether oxygens (including phenoxy) is 2. The van der Waals surface area contributed by atoms with Gasteiger partial charge in [-0.25, -0.2) is 4.98 Å². The maximum absolute atomic E-state index is 6.04. The molecule has 0 spiro atoms. The highest BCUT2D eigenvalue weighted by Gasteiger charge is 2.22. The zero-order valence-electron chi connectivity index (χ0n) is 14.0. The lowest BCUT2D eigenvalue weighted by atomic mass is 10.0. The summed E-state index contributed by atoms with van der Waals surface area (Å²) in [5.74, 6) is 1.42. The number of rotatable bonds is 6. The van der Waals surface area contributed by atoms with E-state index in [1.165, 1.54) is 0 Å². The molecule has 2 rings (SSSR count). The first-order valence-corrected chi connectivity index (χ1v) is 7.58. The van der Waals surface area contributed by atoms with Gasteiger partial charge in [-0.05, 0) is 52.8 Å². The van der Waals surface area contributed by atoms with Gasteiger partial charge < -0.3 is 9.47 Å². The molecule has 4 nitrogen and oxygen atoms in total. The van der Waals surface area contributed by atoms with E-state index in [1.54, 1.807) is 6.20 Å². The third kappa shape index (κ3) is 5.02. The second kappa shape index (κ2) is 6.77. The summed E-state index contributed by atoms with van der Waals surface area (Å²) in [7, 11) is 0. The molecule has 2 aromatic heterocycles. The largest absolute Gasteiger partial charge is 0.486 e. The maximum Gasteiger partial charge on any atom is 0.213 e. The molecule has 0 fully saturated rings. The van der Waals surface area contributed by atoms with Crippen LogP contribution in [0.1, 0.15) is 39.1 Å². The second-order valence-corrected chi connectivity index (χ2v) is 6.31. The minimum Gasteiger partial charge on any atom is -0.486 e. The van der Waals surface area contributed by atoms with Gasteiger partial charge in [-0.1, -0.05) is 6.07 Å². The standard InChI is InChI=1S/C18H24N2O2/c1-13(2)21-17-8-6-7-15(20-17)11-18(4,5)22-16-10-9-14(3)19-12-16/h6-10,12-13H,11H2,1-5H3. The van der Waals surface area contributed by atoms with E-state index in [-0.39, 0.29) is 11.7 Å². The maximum atomic E-state index is 6.04. The third-order valence-electron chi connectivity index (χ3n) is 3.02. The molecule has 0 saturated heterocycles. The predicted octanol–water partition coefficient (Wildman–Crippen LogP) is 3.97. The Bertz CT molecular complexity index is 607. The van der Waals surface area contributed by atoms with Crippen LogP contribution in [0.3, 0.4) is 0 Å². The van der Waals surface area contributed by atoms with Gasteiger partial charge in [0.15, 0.2) is 0 Å². The lowest BCUT2D eigenvalue weighted by molar-refractivity contribution is 0.108. The molecule has 0 atom stereocenters. The smallest absolute Gasteiger partial charge is 0.213 e. The Morgan fingerprint density at radius 2 is 1.91 bits per heavy atom. The van der Waals surface area contributed by atoms with Crippen LogP contribution in [0.4, 0.5) is 0 Å². The highest BCUT2D eigenvalue weighted by atomic mass is 16.5. The van der Waals surface area contributed by atoms with E-state index in [0.29, 0.717) is 12.3 Å². The molecule has 4 heteroatoms. The van der Waals surface area contributed by atoms with Crippen molar-refractivity contribution in [3.05, 3.63) is 47.9 Å². The highest BCUT2D eigenvalue weighted by Crippen LogP contribution is 2.22. The zero-order chi connectivity index (χ0) is 16.2. The molecule has 2 aromatic rings. The van der Waals surface area contributed by atoms with Crippen molar-refractivity contribution in [3.8, 4) is 11.6 Å². The van der Waals surface area contributed by atoms with Gasteiger partial charge in [-0.2, -0.15) is 0 Å². The summed E-state index contributed by atoms with van der Waals surface area (Å²) in [5.41, 5.74) is 1.55. The van der Waals surface area contributed by atoms with Gasteiger partial charge in [0.25, 0.3) is 0 Å². The first-order chi connectivity index (χ1) is 10.3. The van der Waals surface area contributed by atoms with Gasteiger partial charge >= 0.3 is 0 Å². The van der Waals surface area contributed by atoms with Crippen LogP contribution in [0.2, 0.25) is 0 Å². The van der Waals surface area contributed by atoms with Gasteiger partial charge in [-0.3, -0.25) is 4.98 Å². The molecule has 0 bridgehead atoms. The van der Waals surface area contributed by atoms with Gasteiger partial charge in [0.05, 0.1) is 12.3 Å². The summed E-state index contributed by atoms with van der Waals surface area (Å²) in [6.07, 6.45) is 2.56. The molecule has 0 unspecified atom stereocenters. The zero-order valence-corrected chi connectivity index (χ0v) is 14.0. The topological polar surface area (TPSA) is 44.2 Å². The molecule has 118 valence electrons. The van der Waals surface area contributed by atoms with E-state index < -0.39 is 0 Å². The Morgan fingerprint density at radius 1 is 1.14 bits per heavy atom. The number of pyridine rings is 2. The summed E-state index contributed by atoms with van der Waals surface area (Å²) in [4.78, 5) is 8.79. The molecule has 0 radical (unpaired) electrons. The Labute approximate surface area is 132 Å². The number of nitrogens with zero attached hydrogens (tertiary/aromatic N) is 2. The van der Waals surface area contributed by atoms with Crippen LogP contribution in [0.15, 0.2) is 36.5 Å². The van der Waals surface area contributed by atoms with Crippen molar-refractivity contribution in [2.75, 3.05) is 0 Å². The first-order valence-electron chi connectivity index (χ1n) is 7.58. The molecule has 0 aliphatic rings. The highest BCUT2D eigenvalue weighted by molar-refractivity contribution is 5.21. The van der Waals surface area contributed by atoms with Crippen LogP contribution in [-0.4, -0.2) is 21.7 Å². The summed E-state index contributed by atoms with van der Waals surface area (Å²) in [6, 6.07) is 9.72. The fourth-order valence-corrected chi connectivity index (χ4v) is 2.17. The van der Waals surface area contributed by atoms with Crippen LogP contribution >= 0.6 is 0 Å². The lowest BCUT2D eigenvalue weighted by Gasteiger charge is -2.26. The first kappa shape index (κ1) is 16.3. The van der Waals surface area contributed by atoms with Crippen molar-refractivity contribution < 1.29 is 9.47 Å². The third-order valence-corrected chi connectivity index (χ3v) is 3.02. The van der Waals surface area contributed by atoms with E-state index in [4.69, 9.17) is 9.47 Å². The summed E-state index contributed by atoms with van der Waals surface area (Å²) >= 11 is 0. The van der Waals surface area contributed by atoms with Crippen molar-refractivity contribution in [2.24, 2.45) is 0 Å². The van der Waals surface area contributed by atoms with Gasteiger partial charge in [0.2, 0.25) is 5.88 Å². The second-order valence-electron chi connectivity index (χ2n) is 6.31. The summed E-state index contributed by atoms with van der Waals surface area (Å²) < 4.78 is 11.7. The van der Waals surface area contributed by atoms with Gasteiger partial charge in [0, 0.05) is 23.9 Å². The van der Waals surface area contributed by atoms with E-state index in [1.807, 2.05) is 65.0 Å². The fraction of sp³-hybridized carbons (Fsp3) is 0.444. The molecule has 0 aliphatic carbocycles. The quantitative estimate of drug-likeness (QED) is 0.809. The number of aryl methyl sites for hydroxylation is 1. The lowest BCUT2D eigenvalue weighted by Crippen LogP contribution is -2.31. The molecule has 0 N–H and O–H groups in total. The number of hydrogen-bond donors (Lipinski definition) is 0. The Balaban J connectivity index is 2.06. The monoisotopic (exact) mass is 300 g/mol. The van der Waals surface area contributed by atoms with E-state index in [0.717, 1.165) is 17.1 Å². The minimum atomic E-state index is -0.375. The van der Waals surface area contributed by atoms with Gasteiger partial charge in [0.1, 0.15) is 11.4 Å². The van der Waals surface area contributed by atoms with Crippen LogP contribution in [0.5, 0.6) is 11.6 Å². The predicted molar refractivity (Wildman–Crippen MR) is 87.4 cm³/mol. The van der Waals surface area contributed by atoms with Crippen molar-refractivity contribution in [1.82, 2.24) is 9.97 Å². The van der Waals surface area contributed by atoms with E-state index in [2.05, 4.69) is 9.97 Å². The Morgan fingerprint density at radius 3 is 2.55 bits per heavy atom. The normalized spacial score (nSPS) is 11.5. The van der Waals surface area contributed by atoms with Crippen LogP contribution in [0.25, 0.3) is 0 Å². The SMILES string of the molecule is Cc1ccc(OC(C)(C)Cc2cccc(OC(C)C)n2)cn1. The van der Waals surface area contributed by atoms with Crippen LogP contribution in [-0.2, 0) is 6.42 Å². The average molecular weight is 300 g/mol. The van der Waals surface area contributed by atoms with Crippen molar-refractivity contribution in [2.45, 2.75) is 52.7 Å². The summed E-state index contributed by atoms with van der Waals surface area (Å²) in [5, 5.41) is 0. The molecule has 0 amide bonds. The van der Waals surface area contributed by atoms with Crippen LogP contribution in [0, 0.1) is 6.92 Å². The van der Waals surface area contributed by atoms with Crippen molar-refractivity contribution in [3.63, 3.8) is 0 Å². The van der Waals surface area contributed by atoms with Gasteiger partial charge in [-0.15, -0.1) is 0 Å². The summed E-state index contributed by atoms with van der Waals surface area (Å²) in [6.45, 7) is 10.0. The Kier molecular flexibility index (Phi) is 5.01. The van der Waals surface area contributed by atoms with E-state index in [9.17, 15) is 0 Å². The molecule has 0 aliphatic heterocycles. The molecular weight excluding hydrogens is 276 g/mol. The molecule has 0 aromatic carbocycles. The average Bonchev–Trinajstić information content (AvgIpc) is 2.40. The van der Waals surface area contributed by atoms with Crippen molar-refractivity contribution in [1.29, 1.82) is 0 Å². The Hall–Kier alpha value is -2.10. The molecule has 22 heavy (non-hydrogen) atoms. The molecule has 2 heterocycles. The van der Waals surface area contributed by atoms with Crippen molar-refractivity contribution >= 4 is 0 Å². The van der Waals surface area contributed by atoms with Crippen LogP contribution < -0.4 is 9.47 Å². The fourth-order valence-electron chi connectivity index (χ4n) is 2.17. The molecular formula is C18H24N2O2. The number of hydrogen-bond acceptors (Lipinski definition) is 4. The number of aromatic nitrogens is 2. The molecule has 0 saturated carbocycles. The van der Waals surface area contributed by atoms with E-state index >= 15 is 0 Å². The minimum absolute atomic E-state index is 0.116.